The second-order valence-corrected chi connectivity index (χ2v) is 5.51. The van der Waals surface area contributed by atoms with Gasteiger partial charge < -0.3 is 0 Å². The van der Waals surface area contributed by atoms with Crippen molar-refractivity contribution in [3.05, 3.63) is 30.3 Å². The van der Waals surface area contributed by atoms with Gasteiger partial charge in [0.05, 0.1) is 0 Å². The van der Waals surface area contributed by atoms with E-state index in [-0.39, 0.29) is 0 Å². The summed E-state index contributed by atoms with van der Waals surface area (Å²) in [7, 11) is -3.15. The van der Waals surface area contributed by atoms with E-state index >= 15 is 0 Å². The summed E-state index contributed by atoms with van der Waals surface area (Å²) in [4.78, 5) is 0.304. The van der Waals surface area contributed by atoms with Crippen LogP contribution in [-0.2, 0) is 25.6 Å². The van der Waals surface area contributed by atoms with Gasteiger partial charge in [0, 0.05) is 0 Å². The molecule has 1 aromatic rings. The monoisotopic (exact) mass is 247 g/mol. The molecule has 0 atom stereocenters. The normalized spacial score (nSPS) is 11.4. The molecular weight excluding hydrogens is 243 g/mol. The molecule has 0 saturated heterocycles. The number of benzene rings is 1. The molecule has 4 heteroatoms. The summed E-state index contributed by atoms with van der Waals surface area (Å²) in [5.41, 5.74) is 0. The fraction of sp³-hybridized carbons (Fsp3) is 0. The Hall–Kier alpha value is -0.168. The van der Waals surface area contributed by atoms with Gasteiger partial charge in [0.15, 0.2) is 0 Å². The van der Waals surface area contributed by atoms with Crippen molar-refractivity contribution in [1.29, 1.82) is 0 Å². The minimum absolute atomic E-state index is 0.304. The molecule has 0 aliphatic rings. The molecule has 0 saturated carbocycles. The molecular formula is C6H5O2PdS. The fourth-order valence-electron chi connectivity index (χ4n) is 0.575. The molecule has 0 aliphatic heterocycles. The standard InChI is InChI=1S/C6H5O2S.Pd/c7-9(8)6-4-2-1-3-5-6;/h1-5H;. The molecule has 57 valence electrons. The van der Waals surface area contributed by atoms with Gasteiger partial charge in [-0.05, 0) is 0 Å². The van der Waals surface area contributed by atoms with Gasteiger partial charge in [0.25, 0.3) is 0 Å². The fourth-order valence-corrected chi connectivity index (χ4v) is 1.67. The molecule has 1 rings (SSSR count). The van der Waals surface area contributed by atoms with E-state index in [4.69, 9.17) is 0 Å². The Morgan fingerprint density at radius 2 is 1.60 bits per heavy atom. The second-order valence-electron chi connectivity index (χ2n) is 1.72. The van der Waals surface area contributed by atoms with Crippen LogP contribution >= 0.6 is 0 Å². The molecule has 0 amide bonds. The maximum atomic E-state index is 10.8. The molecule has 2 nitrogen and oxygen atoms in total. The van der Waals surface area contributed by atoms with Gasteiger partial charge in [-0.1, -0.05) is 0 Å². The van der Waals surface area contributed by atoms with Crippen LogP contribution in [0.3, 0.4) is 0 Å². The Labute approximate surface area is 69.3 Å². The third-order valence-corrected chi connectivity index (χ3v) is 2.92. The van der Waals surface area contributed by atoms with Crippen molar-refractivity contribution in [3.63, 3.8) is 0 Å². The van der Waals surface area contributed by atoms with Gasteiger partial charge in [-0.2, -0.15) is 0 Å². The Kier molecular flexibility index (Phi) is 2.25. The van der Waals surface area contributed by atoms with E-state index in [1.807, 2.05) is 0 Å². The number of hydrogen-bond donors (Lipinski definition) is 0. The summed E-state index contributed by atoms with van der Waals surface area (Å²) < 4.78 is 21.5. The van der Waals surface area contributed by atoms with Gasteiger partial charge in [-0.3, -0.25) is 0 Å². The van der Waals surface area contributed by atoms with Crippen LogP contribution in [0.5, 0.6) is 0 Å². The molecule has 0 spiro atoms. The van der Waals surface area contributed by atoms with E-state index < -0.39 is 7.66 Å². The van der Waals surface area contributed by atoms with E-state index in [9.17, 15) is 8.42 Å². The van der Waals surface area contributed by atoms with Crippen molar-refractivity contribution >= 4 is 7.66 Å². The Bertz CT molecular complexity index is 304. The summed E-state index contributed by atoms with van der Waals surface area (Å²) in [5, 5.41) is 0. The zero-order valence-electron chi connectivity index (χ0n) is 4.93. The van der Waals surface area contributed by atoms with Crippen LogP contribution in [0.1, 0.15) is 0 Å². The predicted molar refractivity (Wildman–Crippen MR) is 33.6 cm³/mol. The predicted octanol–water partition coefficient (Wildman–Crippen LogP) is 0.922. The first kappa shape index (κ1) is 7.93. The summed E-state index contributed by atoms with van der Waals surface area (Å²) in [6.07, 6.45) is 0. The molecule has 0 bridgehead atoms. The molecule has 0 aliphatic carbocycles. The maximum absolute atomic E-state index is 10.8. The average Bonchev–Trinajstić information content (AvgIpc) is 1.88. The summed E-state index contributed by atoms with van der Waals surface area (Å²) in [5.74, 6) is 0. The molecule has 0 radical (unpaired) electrons. The van der Waals surface area contributed by atoms with Crippen LogP contribution < -0.4 is 0 Å². The minimum atomic E-state index is -3.15. The van der Waals surface area contributed by atoms with Gasteiger partial charge in [-0.15, -0.1) is 0 Å². The third kappa shape index (κ3) is 1.91. The van der Waals surface area contributed by atoms with Crippen LogP contribution in [0, 0.1) is 0 Å². The quantitative estimate of drug-likeness (QED) is 0.692. The SMILES string of the molecule is O=[S](=O)([Pd])c1ccccc1. The summed E-state index contributed by atoms with van der Waals surface area (Å²) in [6, 6.07) is 8.21. The van der Waals surface area contributed by atoms with E-state index in [1.54, 1.807) is 30.3 Å². The second kappa shape index (κ2) is 2.83. The third-order valence-electron chi connectivity index (χ3n) is 1.01. The van der Waals surface area contributed by atoms with Crippen LogP contribution in [0.25, 0.3) is 0 Å². The van der Waals surface area contributed by atoms with Gasteiger partial charge in [0.1, 0.15) is 0 Å². The molecule has 0 aromatic heterocycles. The Morgan fingerprint density at radius 1 is 1.10 bits per heavy atom. The first-order valence-electron chi connectivity index (χ1n) is 2.58. The van der Waals surface area contributed by atoms with Crippen LogP contribution in [-0.4, -0.2) is 8.42 Å². The van der Waals surface area contributed by atoms with Crippen molar-refractivity contribution in [2.24, 2.45) is 0 Å². The van der Waals surface area contributed by atoms with Crippen molar-refractivity contribution < 1.29 is 26.4 Å². The summed E-state index contributed by atoms with van der Waals surface area (Å²) in [6.45, 7) is 0. The van der Waals surface area contributed by atoms with Crippen molar-refractivity contribution in [2.75, 3.05) is 0 Å². The van der Waals surface area contributed by atoms with Crippen molar-refractivity contribution in [2.45, 2.75) is 4.90 Å². The molecule has 0 fully saturated rings. The zero-order valence-corrected chi connectivity index (χ0v) is 7.30. The van der Waals surface area contributed by atoms with Gasteiger partial charge in [0.2, 0.25) is 0 Å². The number of rotatable bonds is 1. The molecule has 0 heterocycles. The Balaban J connectivity index is 3.22. The molecule has 1 aromatic carbocycles. The molecule has 0 unspecified atom stereocenters. The van der Waals surface area contributed by atoms with Crippen LogP contribution in [0.2, 0.25) is 0 Å². The number of hydrogen-bond acceptors (Lipinski definition) is 2. The Morgan fingerprint density at radius 3 is 1.90 bits per heavy atom. The van der Waals surface area contributed by atoms with E-state index in [0.29, 0.717) is 4.90 Å². The molecule has 0 N–H and O–H groups in total. The average molecular weight is 248 g/mol. The van der Waals surface area contributed by atoms with E-state index in [0.717, 1.165) is 0 Å². The van der Waals surface area contributed by atoms with Crippen LogP contribution in [0.15, 0.2) is 35.2 Å². The van der Waals surface area contributed by atoms with E-state index in [2.05, 4.69) is 17.9 Å². The van der Waals surface area contributed by atoms with Crippen LogP contribution in [0.4, 0.5) is 0 Å². The van der Waals surface area contributed by atoms with Crippen molar-refractivity contribution in [3.8, 4) is 0 Å². The first-order chi connectivity index (χ1) is 4.61. The first-order valence-corrected chi connectivity index (χ1v) is 5.81. The topological polar surface area (TPSA) is 34.1 Å². The zero-order chi connectivity index (χ0) is 7.61. The van der Waals surface area contributed by atoms with E-state index in [1.165, 1.54) is 0 Å². The summed E-state index contributed by atoms with van der Waals surface area (Å²) >= 11 is 2.29. The van der Waals surface area contributed by atoms with Gasteiger partial charge >= 0.3 is 69.3 Å². The van der Waals surface area contributed by atoms with Gasteiger partial charge in [-0.25, -0.2) is 0 Å². The van der Waals surface area contributed by atoms with Crippen molar-refractivity contribution in [1.82, 2.24) is 0 Å². The molecule has 10 heavy (non-hydrogen) atoms.